The summed E-state index contributed by atoms with van der Waals surface area (Å²) in [6.45, 7) is 9.74. The van der Waals surface area contributed by atoms with Gasteiger partial charge in [0.15, 0.2) is 0 Å². The van der Waals surface area contributed by atoms with E-state index < -0.39 is 17.2 Å². The third kappa shape index (κ3) is 3.95. The van der Waals surface area contributed by atoms with Gasteiger partial charge in [0.2, 0.25) is 0 Å². The Labute approximate surface area is 116 Å². The molecule has 2 unspecified atom stereocenters. The number of rotatable bonds is 3. The summed E-state index contributed by atoms with van der Waals surface area (Å²) < 4.78 is 5.34. The number of nitrogens with one attached hydrogen (secondary N) is 1. The number of alkyl carbamates (subject to hydrolysis) is 1. The van der Waals surface area contributed by atoms with Crippen molar-refractivity contribution in [3.05, 3.63) is 0 Å². The minimum atomic E-state index is -0.520. The molecule has 1 aliphatic carbocycles. The van der Waals surface area contributed by atoms with Crippen LogP contribution >= 0.6 is 0 Å². The van der Waals surface area contributed by atoms with Crippen molar-refractivity contribution in [3.8, 4) is 0 Å². The number of hydrogen-bond donors (Lipinski definition) is 1. The summed E-state index contributed by atoms with van der Waals surface area (Å²) in [5.74, 6) is 0.572. The SMILES string of the molecule is CC1CCCC(C)C1(CC=O)NC(=O)OC(C)(C)C. The number of hydrogen-bond acceptors (Lipinski definition) is 3. The number of ether oxygens (including phenoxy) is 1. The predicted octanol–water partition coefficient (Wildman–Crippen LogP) is 3.30. The van der Waals surface area contributed by atoms with Crippen LogP contribution in [0.4, 0.5) is 4.79 Å². The molecule has 0 saturated heterocycles. The average molecular weight is 269 g/mol. The molecule has 2 atom stereocenters. The molecule has 0 aromatic heterocycles. The fourth-order valence-corrected chi connectivity index (χ4v) is 3.06. The molecule has 1 amide bonds. The van der Waals surface area contributed by atoms with Gasteiger partial charge in [-0.3, -0.25) is 0 Å². The monoisotopic (exact) mass is 269 g/mol. The maximum Gasteiger partial charge on any atom is 0.408 e. The molecule has 4 nitrogen and oxygen atoms in total. The minimum Gasteiger partial charge on any atom is -0.444 e. The van der Waals surface area contributed by atoms with Crippen molar-refractivity contribution >= 4 is 12.4 Å². The van der Waals surface area contributed by atoms with Crippen molar-refractivity contribution in [2.45, 2.75) is 71.4 Å². The predicted molar refractivity (Wildman–Crippen MR) is 75.0 cm³/mol. The van der Waals surface area contributed by atoms with Gasteiger partial charge in [-0.05, 0) is 45.4 Å². The van der Waals surface area contributed by atoms with Crippen molar-refractivity contribution in [1.82, 2.24) is 5.32 Å². The van der Waals surface area contributed by atoms with E-state index in [2.05, 4.69) is 19.2 Å². The second-order valence-electron chi connectivity index (χ2n) is 6.77. The zero-order chi connectivity index (χ0) is 14.7. The molecular weight excluding hydrogens is 242 g/mol. The zero-order valence-corrected chi connectivity index (χ0v) is 12.8. The highest BCUT2D eigenvalue weighted by molar-refractivity contribution is 5.70. The Bertz CT molecular complexity index is 323. The van der Waals surface area contributed by atoms with Gasteiger partial charge in [-0.2, -0.15) is 0 Å². The highest BCUT2D eigenvalue weighted by Crippen LogP contribution is 2.40. The Hall–Kier alpha value is -1.06. The van der Waals surface area contributed by atoms with Crippen LogP contribution in [-0.2, 0) is 9.53 Å². The van der Waals surface area contributed by atoms with Crippen molar-refractivity contribution in [3.63, 3.8) is 0 Å². The third-order valence-corrected chi connectivity index (χ3v) is 4.19. The average Bonchev–Trinajstić information content (AvgIpc) is 2.23. The Morgan fingerprint density at radius 2 is 1.84 bits per heavy atom. The number of amides is 1. The molecular formula is C15H27NO3. The first kappa shape index (κ1) is 16.0. The van der Waals surface area contributed by atoms with Gasteiger partial charge in [-0.15, -0.1) is 0 Å². The molecule has 1 saturated carbocycles. The van der Waals surface area contributed by atoms with E-state index in [1.807, 2.05) is 20.8 Å². The minimum absolute atomic E-state index is 0.286. The van der Waals surface area contributed by atoms with Crippen molar-refractivity contribution in [2.24, 2.45) is 11.8 Å². The smallest absolute Gasteiger partial charge is 0.408 e. The normalized spacial score (nSPS) is 31.6. The summed E-state index contributed by atoms with van der Waals surface area (Å²) in [5.41, 5.74) is -0.976. The largest absolute Gasteiger partial charge is 0.444 e. The zero-order valence-electron chi connectivity index (χ0n) is 12.8. The summed E-state index contributed by atoms with van der Waals surface area (Å²) in [6, 6.07) is 0. The quantitative estimate of drug-likeness (QED) is 0.800. The first-order chi connectivity index (χ1) is 8.71. The molecule has 0 aliphatic heterocycles. The molecule has 110 valence electrons. The Balaban J connectivity index is 2.86. The number of carbonyl (C=O) groups excluding carboxylic acids is 2. The number of carbonyl (C=O) groups is 2. The molecule has 0 aromatic rings. The van der Waals surface area contributed by atoms with Crippen molar-refractivity contribution in [1.29, 1.82) is 0 Å². The molecule has 0 radical (unpaired) electrons. The van der Waals surface area contributed by atoms with E-state index in [1.54, 1.807) is 0 Å². The van der Waals surface area contributed by atoms with Crippen LogP contribution < -0.4 is 5.32 Å². The highest BCUT2D eigenvalue weighted by Gasteiger charge is 2.45. The van der Waals surface area contributed by atoms with E-state index in [9.17, 15) is 9.59 Å². The maximum atomic E-state index is 12.0. The lowest BCUT2D eigenvalue weighted by Crippen LogP contribution is -2.59. The van der Waals surface area contributed by atoms with Crippen LogP contribution in [0.15, 0.2) is 0 Å². The molecule has 1 aliphatic rings. The highest BCUT2D eigenvalue weighted by atomic mass is 16.6. The molecule has 1 fully saturated rings. The van der Waals surface area contributed by atoms with Crippen LogP contribution in [0, 0.1) is 11.8 Å². The standard InChI is InChI=1S/C15H27NO3/c1-11-7-6-8-12(2)15(11,9-10-17)16-13(18)19-14(3,4)5/h10-12H,6-9H2,1-5H3,(H,16,18). The van der Waals surface area contributed by atoms with Crippen LogP contribution in [0.25, 0.3) is 0 Å². The number of aldehydes is 1. The van der Waals surface area contributed by atoms with E-state index in [0.29, 0.717) is 6.42 Å². The van der Waals surface area contributed by atoms with Crippen LogP contribution in [0.5, 0.6) is 0 Å². The lowest BCUT2D eigenvalue weighted by molar-refractivity contribution is -0.110. The molecule has 19 heavy (non-hydrogen) atoms. The third-order valence-electron chi connectivity index (χ3n) is 4.19. The van der Waals surface area contributed by atoms with Crippen LogP contribution in [0.1, 0.15) is 60.3 Å². The van der Waals surface area contributed by atoms with E-state index in [-0.39, 0.29) is 11.8 Å². The summed E-state index contributed by atoms with van der Waals surface area (Å²) >= 11 is 0. The molecule has 0 aromatic carbocycles. The van der Waals surface area contributed by atoms with Crippen molar-refractivity contribution in [2.75, 3.05) is 0 Å². The van der Waals surface area contributed by atoms with E-state index in [4.69, 9.17) is 4.74 Å². The first-order valence-corrected chi connectivity index (χ1v) is 7.16. The van der Waals surface area contributed by atoms with Crippen LogP contribution in [0.2, 0.25) is 0 Å². The second-order valence-corrected chi connectivity index (χ2v) is 6.77. The topological polar surface area (TPSA) is 55.4 Å². The molecule has 1 rings (SSSR count). The molecule has 4 heteroatoms. The second kappa shape index (κ2) is 5.93. The van der Waals surface area contributed by atoms with Crippen molar-refractivity contribution < 1.29 is 14.3 Å². The maximum absolute atomic E-state index is 12.0. The van der Waals surface area contributed by atoms with E-state index in [0.717, 1.165) is 25.5 Å². The van der Waals surface area contributed by atoms with E-state index in [1.165, 1.54) is 0 Å². The van der Waals surface area contributed by atoms with Gasteiger partial charge < -0.3 is 14.8 Å². The lowest BCUT2D eigenvalue weighted by atomic mass is 9.66. The Morgan fingerprint density at radius 1 is 1.32 bits per heavy atom. The summed E-state index contributed by atoms with van der Waals surface area (Å²) in [4.78, 5) is 23.1. The van der Waals surface area contributed by atoms with Gasteiger partial charge in [0.05, 0.1) is 5.54 Å². The lowest BCUT2D eigenvalue weighted by Gasteiger charge is -2.47. The summed E-state index contributed by atoms with van der Waals surface area (Å²) in [6.07, 6.45) is 4.07. The Morgan fingerprint density at radius 3 is 2.26 bits per heavy atom. The molecule has 0 bridgehead atoms. The van der Waals surface area contributed by atoms with Gasteiger partial charge in [-0.1, -0.05) is 20.3 Å². The van der Waals surface area contributed by atoms with Gasteiger partial charge >= 0.3 is 6.09 Å². The van der Waals surface area contributed by atoms with Gasteiger partial charge in [0, 0.05) is 6.42 Å². The summed E-state index contributed by atoms with van der Waals surface area (Å²) in [7, 11) is 0. The fraction of sp³-hybridized carbons (Fsp3) is 0.867. The van der Waals surface area contributed by atoms with E-state index >= 15 is 0 Å². The van der Waals surface area contributed by atoms with Crippen LogP contribution in [-0.4, -0.2) is 23.5 Å². The molecule has 0 heterocycles. The fourth-order valence-electron chi connectivity index (χ4n) is 3.06. The van der Waals surface area contributed by atoms with Gasteiger partial charge in [0.1, 0.15) is 11.9 Å². The first-order valence-electron chi connectivity index (χ1n) is 7.16. The summed E-state index contributed by atoms with van der Waals surface area (Å²) in [5, 5.41) is 3.00. The van der Waals surface area contributed by atoms with Crippen LogP contribution in [0.3, 0.4) is 0 Å². The van der Waals surface area contributed by atoms with Gasteiger partial charge in [-0.25, -0.2) is 4.79 Å². The van der Waals surface area contributed by atoms with Gasteiger partial charge in [0.25, 0.3) is 0 Å². The Kier molecular flexibility index (Phi) is 4.99. The molecule has 1 N–H and O–H groups in total. The molecule has 0 spiro atoms.